The first-order valence-corrected chi connectivity index (χ1v) is 8.48. The first kappa shape index (κ1) is 20.5. The number of rotatable bonds is 7. The smallest absolute Gasteiger partial charge is 0.226 e. The number of amides is 2. The highest BCUT2D eigenvalue weighted by Gasteiger charge is 2.16. The molecule has 0 saturated carbocycles. The number of halogens is 2. The third-order valence-electron chi connectivity index (χ3n) is 3.84. The van der Waals surface area contributed by atoms with E-state index in [2.05, 4.69) is 5.32 Å². The second-order valence-electron chi connectivity index (χ2n) is 5.63. The van der Waals surface area contributed by atoms with Gasteiger partial charge in [-0.25, -0.2) is 4.39 Å². The minimum atomic E-state index is -0.576. The summed E-state index contributed by atoms with van der Waals surface area (Å²) in [5.74, 6) is -0.115. The number of nitrogens with one attached hydrogen (secondary N) is 1. The van der Waals surface area contributed by atoms with Gasteiger partial charge in [-0.05, 0) is 30.3 Å². The van der Waals surface area contributed by atoms with E-state index in [1.807, 2.05) is 0 Å². The van der Waals surface area contributed by atoms with E-state index in [-0.39, 0.29) is 29.8 Å². The molecule has 2 aromatic carbocycles. The van der Waals surface area contributed by atoms with Crippen LogP contribution in [0, 0.1) is 5.82 Å². The molecule has 1 N–H and O–H groups in total. The molecule has 0 aliphatic rings. The van der Waals surface area contributed by atoms with Gasteiger partial charge in [-0.15, -0.1) is 0 Å². The van der Waals surface area contributed by atoms with Gasteiger partial charge in [0.15, 0.2) is 0 Å². The molecule has 0 aromatic heterocycles. The number of ether oxygens (including phenoxy) is 2. The topological polar surface area (TPSA) is 67.9 Å². The van der Waals surface area contributed by atoms with Crippen LogP contribution in [0.2, 0.25) is 5.02 Å². The minimum Gasteiger partial charge on any atom is -0.497 e. The van der Waals surface area contributed by atoms with Crippen molar-refractivity contribution >= 4 is 34.8 Å². The molecule has 27 heavy (non-hydrogen) atoms. The normalized spacial score (nSPS) is 10.3. The maximum absolute atomic E-state index is 13.3. The highest BCUT2D eigenvalue weighted by Crippen LogP contribution is 2.29. The molecule has 0 fully saturated rings. The van der Waals surface area contributed by atoms with Crippen molar-refractivity contribution < 1.29 is 23.5 Å². The summed E-state index contributed by atoms with van der Waals surface area (Å²) in [5.41, 5.74) is 0.909. The Hall–Kier alpha value is -2.80. The van der Waals surface area contributed by atoms with Crippen molar-refractivity contribution in [1.82, 2.24) is 0 Å². The molecule has 8 heteroatoms. The van der Waals surface area contributed by atoms with Crippen LogP contribution in [-0.4, -0.2) is 32.6 Å². The van der Waals surface area contributed by atoms with Crippen LogP contribution in [0.25, 0.3) is 0 Å². The first-order chi connectivity index (χ1) is 12.8. The second-order valence-corrected chi connectivity index (χ2v) is 6.04. The van der Waals surface area contributed by atoms with E-state index >= 15 is 0 Å². The Kier molecular flexibility index (Phi) is 7.01. The zero-order valence-electron chi connectivity index (χ0n) is 15.2. The summed E-state index contributed by atoms with van der Waals surface area (Å²) in [4.78, 5) is 25.6. The lowest BCUT2D eigenvalue weighted by Crippen LogP contribution is -2.32. The maximum atomic E-state index is 13.3. The number of nitrogens with zero attached hydrogens (tertiary/aromatic N) is 1. The van der Waals surface area contributed by atoms with Crippen molar-refractivity contribution in [2.45, 2.75) is 13.3 Å². The van der Waals surface area contributed by atoms with E-state index in [0.29, 0.717) is 22.9 Å². The van der Waals surface area contributed by atoms with Crippen molar-refractivity contribution in [1.29, 1.82) is 0 Å². The Bertz CT molecular complexity index is 844. The summed E-state index contributed by atoms with van der Waals surface area (Å²) in [6.07, 6.45) is 0.0315. The highest BCUT2D eigenvalue weighted by atomic mass is 35.5. The fourth-order valence-electron chi connectivity index (χ4n) is 2.45. The van der Waals surface area contributed by atoms with Gasteiger partial charge in [0.2, 0.25) is 11.8 Å². The number of carbonyl (C=O) groups is 2. The fourth-order valence-corrected chi connectivity index (χ4v) is 2.62. The lowest BCUT2D eigenvalue weighted by molar-refractivity contribution is -0.117. The molecule has 144 valence electrons. The van der Waals surface area contributed by atoms with E-state index in [0.717, 1.165) is 0 Å². The monoisotopic (exact) mass is 394 g/mol. The number of benzene rings is 2. The molecule has 2 aromatic rings. The Morgan fingerprint density at radius 3 is 2.48 bits per heavy atom. The fraction of sp³-hybridized carbons (Fsp3) is 0.263. The summed E-state index contributed by atoms with van der Waals surface area (Å²) < 4.78 is 23.7. The molecule has 6 nitrogen and oxygen atoms in total. The van der Waals surface area contributed by atoms with Crippen molar-refractivity contribution in [2.24, 2.45) is 0 Å². The van der Waals surface area contributed by atoms with Crippen LogP contribution in [0.4, 0.5) is 15.8 Å². The molecule has 2 amide bonds. The summed E-state index contributed by atoms with van der Waals surface area (Å²) in [7, 11) is 3.02. The molecule has 0 bridgehead atoms. The molecular formula is C19H20ClFN2O4. The van der Waals surface area contributed by atoms with Crippen LogP contribution in [-0.2, 0) is 9.59 Å². The van der Waals surface area contributed by atoms with E-state index in [9.17, 15) is 14.0 Å². The van der Waals surface area contributed by atoms with Crippen LogP contribution in [0.3, 0.4) is 0 Å². The van der Waals surface area contributed by atoms with Gasteiger partial charge < -0.3 is 19.7 Å². The Balaban J connectivity index is 2.06. The average molecular weight is 395 g/mol. The lowest BCUT2D eigenvalue weighted by atomic mass is 10.2. The van der Waals surface area contributed by atoms with E-state index < -0.39 is 5.82 Å². The van der Waals surface area contributed by atoms with Crippen LogP contribution >= 0.6 is 11.6 Å². The Morgan fingerprint density at radius 1 is 1.15 bits per heavy atom. The van der Waals surface area contributed by atoms with E-state index in [1.54, 1.807) is 18.2 Å². The van der Waals surface area contributed by atoms with Gasteiger partial charge in [0.05, 0.1) is 24.9 Å². The summed E-state index contributed by atoms with van der Waals surface area (Å²) in [6, 6.07) is 8.97. The third kappa shape index (κ3) is 5.34. The molecule has 0 aliphatic heterocycles. The van der Waals surface area contributed by atoms with Crippen molar-refractivity contribution in [3.8, 4) is 11.5 Å². The van der Waals surface area contributed by atoms with Gasteiger partial charge in [0.1, 0.15) is 17.3 Å². The molecule has 0 atom stereocenters. The van der Waals surface area contributed by atoms with Crippen LogP contribution in [0.15, 0.2) is 36.4 Å². The molecule has 0 heterocycles. The Labute approximate surface area is 161 Å². The summed E-state index contributed by atoms with van der Waals surface area (Å²) >= 11 is 5.77. The average Bonchev–Trinajstić information content (AvgIpc) is 2.64. The number of anilines is 2. The number of methoxy groups -OCH3 is 2. The van der Waals surface area contributed by atoms with Gasteiger partial charge in [-0.3, -0.25) is 9.59 Å². The predicted octanol–water partition coefficient (Wildman–Crippen LogP) is 3.88. The summed E-state index contributed by atoms with van der Waals surface area (Å²) in [6.45, 7) is 1.48. The van der Waals surface area contributed by atoms with Gasteiger partial charge in [0.25, 0.3) is 0 Å². The van der Waals surface area contributed by atoms with Crippen molar-refractivity contribution in [3.05, 3.63) is 47.2 Å². The summed E-state index contributed by atoms with van der Waals surface area (Å²) in [5, 5.41) is 2.64. The van der Waals surface area contributed by atoms with Crippen LogP contribution < -0.4 is 19.7 Å². The van der Waals surface area contributed by atoms with E-state index in [1.165, 1.54) is 44.2 Å². The predicted molar refractivity (Wildman–Crippen MR) is 102 cm³/mol. The van der Waals surface area contributed by atoms with Gasteiger partial charge in [-0.1, -0.05) is 11.6 Å². The zero-order valence-corrected chi connectivity index (χ0v) is 16.0. The quantitative estimate of drug-likeness (QED) is 0.773. The molecule has 2 rings (SSSR count). The van der Waals surface area contributed by atoms with Crippen LogP contribution in [0.1, 0.15) is 13.3 Å². The zero-order chi connectivity index (χ0) is 20.0. The number of hydrogen-bond donors (Lipinski definition) is 1. The molecule has 0 aliphatic carbocycles. The largest absolute Gasteiger partial charge is 0.497 e. The first-order valence-electron chi connectivity index (χ1n) is 8.10. The lowest BCUT2D eigenvalue weighted by Gasteiger charge is -2.21. The van der Waals surface area contributed by atoms with Crippen molar-refractivity contribution in [2.75, 3.05) is 31.0 Å². The van der Waals surface area contributed by atoms with Gasteiger partial charge in [-0.2, -0.15) is 0 Å². The third-order valence-corrected chi connectivity index (χ3v) is 4.13. The molecule has 0 radical (unpaired) electrons. The maximum Gasteiger partial charge on any atom is 0.226 e. The minimum absolute atomic E-state index is 0.0315. The van der Waals surface area contributed by atoms with Crippen molar-refractivity contribution in [3.63, 3.8) is 0 Å². The van der Waals surface area contributed by atoms with Gasteiger partial charge in [0, 0.05) is 31.6 Å². The highest BCUT2D eigenvalue weighted by molar-refractivity contribution is 6.31. The van der Waals surface area contributed by atoms with Crippen LogP contribution in [0.5, 0.6) is 11.5 Å². The molecular weight excluding hydrogens is 375 g/mol. The molecule has 0 saturated heterocycles. The Morgan fingerprint density at radius 2 is 1.89 bits per heavy atom. The number of carbonyl (C=O) groups excluding carboxylic acids is 2. The SMILES string of the molecule is COc1ccc(NC(=O)CCN(C(C)=O)c2ccc(F)c(Cl)c2)c(OC)c1. The van der Waals surface area contributed by atoms with E-state index in [4.69, 9.17) is 21.1 Å². The standard InChI is InChI=1S/C19H20ClFN2O4/c1-12(24)23(13-4-6-16(21)15(20)10-13)9-8-19(25)22-17-7-5-14(26-2)11-18(17)27-3/h4-7,10-11H,8-9H2,1-3H3,(H,22,25). The van der Waals surface area contributed by atoms with Gasteiger partial charge >= 0.3 is 0 Å². The molecule has 0 spiro atoms. The number of hydrogen-bond acceptors (Lipinski definition) is 4. The molecule has 0 unspecified atom stereocenters. The second kappa shape index (κ2) is 9.23.